The van der Waals surface area contributed by atoms with E-state index >= 15 is 0 Å². The van der Waals surface area contributed by atoms with Crippen LogP contribution >= 0.6 is 0 Å². The quantitative estimate of drug-likeness (QED) is 0.813. The Morgan fingerprint density at radius 3 is 2.94 bits per heavy atom. The van der Waals surface area contributed by atoms with Crippen LogP contribution in [0, 0.1) is 0 Å². The van der Waals surface area contributed by atoms with Gasteiger partial charge in [0.05, 0.1) is 13.0 Å². The van der Waals surface area contributed by atoms with Crippen LogP contribution in [0.1, 0.15) is 17.9 Å². The molecule has 2 N–H and O–H groups in total. The summed E-state index contributed by atoms with van der Waals surface area (Å²) >= 11 is 0. The molecule has 16 heavy (non-hydrogen) atoms. The largest absolute Gasteiger partial charge is 0.481 e. The van der Waals surface area contributed by atoms with Gasteiger partial charge in [0.1, 0.15) is 5.52 Å². The van der Waals surface area contributed by atoms with Gasteiger partial charge in [-0.3, -0.25) is 4.79 Å². The molecule has 0 unspecified atom stereocenters. The number of carbonyl (C=O) groups is 1. The van der Waals surface area contributed by atoms with Gasteiger partial charge in [-0.15, -0.1) is 0 Å². The van der Waals surface area contributed by atoms with Crippen molar-refractivity contribution in [2.24, 2.45) is 0 Å². The number of aliphatic hydroxyl groups is 1. The lowest BCUT2D eigenvalue weighted by Crippen LogP contribution is -1.97. The zero-order chi connectivity index (χ0) is 11.5. The summed E-state index contributed by atoms with van der Waals surface area (Å²) in [5.74, 6) is -0.467. The average molecular weight is 221 g/mol. The van der Waals surface area contributed by atoms with Gasteiger partial charge in [-0.1, -0.05) is 6.07 Å². The lowest BCUT2D eigenvalue weighted by atomic mass is 10.2. The summed E-state index contributed by atoms with van der Waals surface area (Å²) in [5.41, 5.74) is 2.01. The molecule has 0 amide bonds. The molecule has 0 fully saturated rings. The Bertz CT molecular complexity index is 518. The molecule has 1 aromatic heterocycles. The van der Waals surface area contributed by atoms with Crippen LogP contribution in [0.5, 0.6) is 0 Å². The van der Waals surface area contributed by atoms with Crippen molar-refractivity contribution < 1.29 is 19.4 Å². The van der Waals surface area contributed by atoms with Crippen LogP contribution in [0.4, 0.5) is 0 Å². The normalized spacial score (nSPS) is 10.8. The Morgan fingerprint density at radius 1 is 1.44 bits per heavy atom. The lowest BCUT2D eigenvalue weighted by Gasteiger charge is -1.92. The van der Waals surface area contributed by atoms with Gasteiger partial charge in [-0.2, -0.15) is 0 Å². The number of aryl methyl sites for hydroxylation is 1. The van der Waals surface area contributed by atoms with Crippen LogP contribution in [0.25, 0.3) is 11.1 Å². The Kier molecular flexibility index (Phi) is 2.87. The molecule has 0 aliphatic carbocycles. The van der Waals surface area contributed by atoms with E-state index < -0.39 is 5.97 Å². The summed E-state index contributed by atoms with van der Waals surface area (Å²) < 4.78 is 5.36. The summed E-state index contributed by atoms with van der Waals surface area (Å²) in [7, 11) is 0. The number of hydrogen-bond acceptors (Lipinski definition) is 4. The molecule has 0 saturated heterocycles. The van der Waals surface area contributed by atoms with Crippen molar-refractivity contribution in [1.82, 2.24) is 4.98 Å². The fourth-order valence-electron chi connectivity index (χ4n) is 1.44. The maximum absolute atomic E-state index is 10.4. The molecule has 1 heterocycles. The third kappa shape index (κ3) is 2.20. The topological polar surface area (TPSA) is 83.6 Å². The first-order valence-corrected chi connectivity index (χ1v) is 4.90. The molecular weight excluding hydrogens is 210 g/mol. The second kappa shape index (κ2) is 4.32. The van der Waals surface area contributed by atoms with Gasteiger partial charge >= 0.3 is 5.97 Å². The molecule has 5 nitrogen and oxygen atoms in total. The number of fused-ring (bicyclic) bond motifs is 1. The highest BCUT2D eigenvalue weighted by molar-refractivity contribution is 5.73. The molecule has 0 bridgehead atoms. The number of rotatable bonds is 4. The van der Waals surface area contributed by atoms with Crippen molar-refractivity contribution in [3.8, 4) is 0 Å². The van der Waals surface area contributed by atoms with E-state index in [1.165, 1.54) is 0 Å². The Labute approximate surface area is 91.3 Å². The number of aliphatic hydroxyl groups excluding tert-OH is 1. The summed E-state index contributed by atoms with van der Waals surface area (Å²) in [6.07, 6.45) is 0.276. The first-order chi connectivity index (χ1) is 7.69. The molecule has 2 rings (SSSR count). The van der Waals surface area contributed by atoms with E-state index in [1.54, 1.807) is 18.2 Å². The molecular formula is C11H11NO4. The molecule has 2 aromatic rings. The minimum absolute atomic E-state index is 0.000318. The van der Waals surface area contributed by atoms with Crippen LogP contribution in [0.3, 0.4) is 0 Å². The van der Waals surface area contributed by atoms with Crippen molar-refractivity contribution in [3.05, 3.63) is 29.7 Å². The second-order valence-corrected chi connectivity index (χ2v) is 3.46. The summed E-state index contributed by atoms with van der Waals surface area (Å²) in [5, 5.41) is 17.5. The van der Waals surface area contributed by atoms with Gasteiger partial charge in [0.2, 0.25) is 0 Å². The van der Waals surface area contributed by atoms with E-state index in [0.717, 1.165) is 5.56 Å². The van der Waals surface area contributed by atoms with Crippen LogP contribution in [-0.2, 0) is 17.8 Å². The fraction of sp³-hybridized carbons (Fsp3) is 0.273. The monoisotopic (exact) mass is 221 g/mol. The van der Waals surface area contributed by atoms with Crippen LogP contribution in [0.15, 0.2) is 22.6 Å². The number of carboxylic acid groups (broad SMARTS) is 1. The van der Waals surface area contributed by atoms with E-state index in [-0.39, 0.29) is 19.4 Å². The number of aliphatic carboxylic acids is 1. The number of carboxylic acids is 1. The number of aromatic nitrogens is 1. The minimum atomic E-state index is -0.877. The van der Waals surface area contributed by atoms with Crippen LogP contribution in [-0.4, -0.2) is 21.2 Å². The number of benzene rings is 1. The predicted molar refractivity (Wildman–Crippen MR) is 55.9 cm³/mol. The third-order valence-corrected chi connectivity index (χ3v) is 2.23. The van der Waals surface area contributed by atoms with Gasteiger partial charge in [0.15, 0.2) is 11.5 Å². The molecule has 5 heteroatoms. The highest BCUT2D eigenvalue weighted by atomic mass is 16.4. The maximum Gasteiger partial charge on any atom is 0.303 e. The SMILES string of the molecule is O=C(O)CCc1nc2cc(CO)ccc2o1. The van der Waals surface area contributed by atoms with E-state index in [2.05, 4.69) is 4.98 Å². The van der Waals surface area contributed by atoms with Crippen molar-refractivity contribution in [1.29, 1.82) is 0 Å². The second-order valence-electron chi connectivity index (χ2n) is 3.46. The maximum atomic E-state index is 10.4. The highest BCUT2D eigenvalue weighted by Crippen LogP contribution is 2.18. The summed E-state index contributed by atoms with van der Waals surface area (Å²) in [6.45, 7) is -0.0484. The van der Waals surface area contributed by atoms with Crippen molar-refractivity contribution in [3.63, 3.8) is 0 Å². The molecule has 0 atom stereocenters. The molecule has 0 radical (unpaired) electrons. The highest BCUT2D eigenvalue weighted by Gasteiger charge is 2.08. The molecule has 1 aromatic carbocycles. The molecule has 0 spiro atoms. The van der Waals surface area contributed by atoms with E-state index in [1.807, 2.05) is 0 Å². The van der Waals surface area contributed by atoms with Crippen LogP contribution in [0.2, 0.25) is 0 Å². The van der Waals surface area contributed by atoms with E-state index in [4.69, 9.17) is 14.6 Å². The first-order valence-electron chi connectivity index (χ1n) is 4.90. The van der Waals surface area contributed by atoms with Gasteiger partial charge in [0.25, 0.3) is 0 Å². The number of nitrogens with zero attached hydrogens (tertiary/aromatic N) is 1. The van der Waals surface area contributed by atoms with Crippen molar-refractivity contribution in [2.45, 2.75) is 19.4 Å². The van der Waals surface area contributed by atoms with Gasteiger partial charge < -0.3 is 14.6 Å². The standard InChI is InChI=1S/C11H11NO4/c13-6-7-1-2-9-8(5-7)12-10(16-9)3-4-11(14)15/h1-2,5,13H,3-4,6H2,(H,14,15). The molecule has 0 aliphatic heterocycles. The van der Waals surface area contributed by atoms with Gasteiger partial charge in [0, 0.05) is 6.42 Å². The number of oxazole rings is 1. The van der Waals surface area contributed by atoms with E-state index in [9.17, 15) is 4.79 Å². The molecule has 0 saturated carbocycles. The lowest BCUT2D eigenvalue weighted by molar-refractivity contribution is -0.137. The Morgan fingerprint density at radius 2 is 2.25 bits per heavy atom. The predicted octanol–water partition coefficient (Wildman–Crippen LogP) is 1.34. The summed E-state index contributed by atoms with van der Waals surface area (Å²) in [4.78, 5) is 14.5. The molecule has 0 aliphatic rings. The minimum Gasteiger partial charge on any atom is -0.481 e. The Hall–Kier alpha value is -1.88. The van der Waals surface area contributed by atoms with Crippen molar-refractivity contribution in [2.75, 3.05) is 0 Å². The smallest absolute Gasteiger partial charge is 0.303 e. The average Bonchev–Trinajstić information content (AvgIpc) is 2.67. The van der Waals surface area contributed by atoms with Gasteiger partial charge in [-0.05, 0) is 17.7 Å². The Balaban J connectivity index is 2.25. The van der Waals surface area contributed by atoms with Gasteiger partial charge in [-0.25, -0.2) is 4.98 Å². The van der Waals surface area contributed by atoms with Crippen LogP contribution < -0.4 is 0 Å². The fourth-order valence-corrected chi connectivity index (χ4v) is 1.44. The van der Waals surface area contributed by atoms with E-state index in [0.29, 0.717) is 17.0 Å². The third-order valence-electron chi connectivity index (χ3n) is 2.23. The zero-order valence-electron chi connectivity index (χ0n) is 8.51. The zero-order valence-corrected chi connectivity index (χ0v) is 8.51. The van der Waals surface area contributed by atoms with Crippen molar-refractivity contribution >= 4 is 17.1 Å². The molecule has 84 valence electrons. The number of hydrogen-bond donors (Lipinski definition) is 2. The first kappa shape index (κ1) is 10.6. The summed E-state index contributed by atoms with van der Waals surface area (Å²) in [6, 6.07) is 5.19.